The van der Waals surface area contributed by atoms with Crippen LogP contribution in [0.4, 0.5) is 0 Å². The summed E-state index contributed by atoms with van der Waals surface area (Å²) < 4.78 is 6.08. The van der Waals surface area contributed by atoms with Gasteiger partial charge in [0.1, 0.15) is 0 Å². The van der Waals surface area contributed by atoms with Gasteiger partial charge in [-0.3, -0.25) is 4.74 Å². The van der Waals surface area contributed by atoms with Crippen molar-refractivity contribution in [3.63, 3.8) is 0 Å². The van der Waals surface area contributed by atoms with Crippen LogP contribution in [0.3, 0.4) is 0 Å². The first-order valence-corrected chi connectivity index (χ1v) is 30.7. The van der Waals surface area contributed by atoms with Crippen LogP contribution < -0.4 is 0 Å². The molecule has 0 atom stereocenters. The standard InChI is InChI=1S/C23H50NPSi3.C12H22.Ti/c1-10-13-20-26(4,5)25(24-23-18-16-17-19-23,27(6,7)21-14-11-2)28(8,9)22-15-12-3;1-9(2)7-11(5)12(6)8-10(3)4;/h16-18H,10-15,19-22H2,1-9H3;7-10H,1-6H3;. The molecule has 1 aliphatic rings. The second-order valence-corrected chi connectivity index (χ2v) is 49.6. The Hall–Kier alpha value is 0.555. The van der Waals surface area contributed by atoms with Gasteiger partial charge in [-0.05, 0) is 31.8 Å². The van der Waals surface area contributed by atoms with Crippen molar-refractivity contribution in [2.45, 2.75) is 165 Å². The van der Waals surface area contributed by atoms with Gasteiger partial charge in [0.15, 0.2) is 0 Å². The number of unbranched alkanes of at least 4 members (excludes halogenated alkanes) is 3. The summed E-state index contributed by atoms with van der Waals surface area (Å²) in [6.07, 6.45) is 21.0. The van der Waals surface area contributed by atoms with Gasteiger partial charge in [0.05, 0.1) is 23.2 Å². The first-order chi connectivity index (χ1) is 18.4. The van der Waals surface area contributed by atoms with Crippen LogP contribution in [0.2, 0.25) is 57.4 Å². The summed E-state index contributed by atoms with van der Waals surface area (Å²) in [6, 6.07) is 4.52. The molecule has 1 nitrogen and oxygen atoms in total. The normalized spacial score (nSPS) is 15.1. The Balaban J connectivity index is 0. The van der Waals surface area contributed by atoms with Crippen molar-refractivity contribution in [3.05, 3.63) is 47.2 Å². The minimum Gasteiger partial charge on any atom is -0.283 e. The largest absolute Gasteiger partial charge is 0.283 e. The third-order valence-corrected chi connectivity index (χ3v) is 70.8. The number of hydrogen-bond donors (Lipinski definition) is 0. The van der Waals surface area contributed by atoms with Gasteiger partial charge in [-0.15, -0.1) is 0 Å². The molecule has 0 saturated heterocycles. The smallest absolute Gasteiger partial charge is 0.0873 e. The second-order valence-electron chi connectivity index (χ2n) is 15.0. The first-order valence-electron chi connectivity index (χ1n) is 16.8. The van der Waals surface area contributed by atoms with Gasteiger partial charge >= 0.3 is 0 Å². The molecule has 0 radical (unpaired) electrons. The third kappa shape index (κ3) is 13.6. The molecular weight excluding hydrogens is 597 g/mol. The molecule has 1 aliphatic carbocycles. The Morgan fingerprint density at radius 1 is 0.732 bits per heavy atom. The Bertz CT molecular complexity index is 845. The molecule has 0 aromatic rings. The topological polar surface area (TPSA) is 12.4 Å². The molecule has 0 N–H and O–H groups in total. The van der Waals surface area contributed by atoms with E-state index in [2.05, 4.69) is 132 Å². The SMILES string of the molecule is CC(=CC(C)C)C(C)=CC(C)C.CCCC[Si](C)(C)P(=NC1=CC=CC1)([Si](C)(C)CCCC)[Si](C)(C)CCCC.[Ti]. The fraction of sp³-hybridized carbons (Fsp3) is 0.771. The van der Waals surface area contributed by atoms with Crippen LogP contribution in [0, 0.1) is 11.8 Å². The Labute approximate surface area is 277 Å². The van der Waals surface area contributed by atoms with Crippen LogP contribution >= 0.6 is 5.70 Å². The molecule has 0 saturated carbocycles. The summed E-state index contributed by atoms with van der Waals surface area (Å²) in [5, 5.41) is 0. The number of allylic oxidation sites excluding steroid dienone is 7. The Morgan fingerprint density at radius 2 is 1.07 bits per heavy atom. The van der Waals surface area contributed by atoms with Gasteiger partial charge in [0.2, 0.25) is 0 Å². The van der Waals surface area contributed by atoms with E-state index in [9.17, 15) is 0 Å². The van der Waals surface area contributed by atoms with E-state index in [0.717, 1.165) is 6.42 Å². The van der Waals surface area contributed by atoms with E-state index in [1.807, 2.05) is 0 Å². The molecule has 0 aromatic carbocycles. The van der Waals surface area contributed by atoms with E-state index < -0.39 is 28.9 Å². The molecule has 6 heteroatoms. The van der Waals surface area contributed by atoms with Gasteiger partial charge in [0, 0.05) is 33.8 Å². The number of nitrogens with zero attached hydrogens (tertiary/aromatic N) is 1. The minimum absolute atomic E-state index is 0. The Morgan fingerprint density at radius 3 is 1.32 bits per heavy atom. The molecule has 238 valence electrons. The van der Waals surface area contributed by atoms with Crippen LogP contribution in [-0.4, -0.2) is 23.2 Å². The van der Waals surface area contributed by atoms with Crippen LogP contribution in [0.15, 0.2) is 52.0 Å². The number of rotatable bonds is 16. The van der Waals surface area contributed by atoms with E-state index >= 15 is 0 Å². The fourth-order valence-electron chi connectivity index (χ4n) is 7.14. The van der Waals surface area contributed by atoms with E-state index in [-0.39, 0.29) is 21.7 Å². The van der Waals surface area contributed by atoms with Crippen molar-refractivity contribution in [1.82, 2.24) is 0 Å². The van der Waals surface area contributed by atoms with Crippen molar-refractivity contribution < 1.29 is 21.7 Å². The summed E-state index contributed by atoms with van der Waals surface area (Å²) in [5.74, 6) is 1.31. The molecule has 0 aromatic heterocycles. The monoisotopic (exact) mass is 669 g/mol. The van der Waals surface area contributed by atoms with Crippen LogP contribution in [0.25, 0.3) is 0 Å². The molecule has 0 fully saturated rings. The fourth-order valence-corrected chi connectivity index (χ4v) is 91.0. The van der Waals surface area contributed by atoms with E-state index in [1.54, 1.807) is 0 Å². The van der Waals surface area contributed by atoms with Crippen LogP contribution in [0.1, 0.15) is 107 Å². The van der Waals surface area contributed by atoms with Crippen LogP contribution in [-0.2, 0) is 21.7 Å². The van der Waals surface area contributed by atoms with Crippen LogP contribution in [0.5, 0.6) is 0 Å². The summed E-state index contributed by atoms with van der Waals surface area (Å²) in [7, 11) is -4.33. The van der Waals surface area contributed by atoms with E-state index in [1.165, 1.54) is 73.5 Å². The molecule has 41 heavy (non-hydrogen) atoms. The zero-order valence-electron chi connectivity index (χ0n) is 30.5. The van der Waals surface area contributed by atoms with E-state index in [4.69, 9.17) is 4.74 Å². The quantitative estimate of drug-likeness (QED) is 0.0881. The molecule has 1 rings (SSSR count). The zero-order valence-corrected chi connectivity index (χ0v) is 36.0. The second kappa shape index (κ2) is 20.6. The molecule has 0 heterocycles. The van der Waals surface area contributed by atoms with Gasteiger partial charge in [-0.25, -0.2) is 0 Å². The van der Waals surface area contributed by atoms with Crippen molar-refractivity contribution in [3.8, 4) is 0 Å². The summed E-state index contributed by atoms with van der Waals surface area (Å²) >= 11 is 0. The minimum atomic E-state index is -1.44. The molecule has 0 amide bonds. The molecule has 0 unspecified atom stereocenters. The third-order valence-electron chi connectivity index (χ3n) is 8.87. The first kappa shape index (κ1) is 43.7. The predicted molar refractivity (Wildman–Crippen MR) is 200 cm³/mol. The average molecular weight is 670 g/mol. The van der Waals surface area contributed by atoms with Crippen molar-refractivity contribution in [2.75, 3.05) is 0 Å². The molecule has 0 spiro atoms. The van der Waals surface area contributed by atoms with Gasteiger partial charge < -0.3 is 0 Å². The van der Waals surface area contributed by atoms with Gasteiger partial charge in [-0.2, -0.15) is 0 Å². The summed E-state index contributed by atoms with van der Waals surface area (Å²) in [5.41, 5.74) is 2.97. The van der Waals surface area contributed by atoms with E-state index in [0.29, 0.717) is 11.8 Å². The predicted octanol–water partition coefficient (Wildman–Crippen LogP) is 14.2. The maximum Gasteiger partial charge on any atom is 0.0873 e. The summed E-state index contributed by atoms with van der Waals surface area (Å²) in [4.78, 5) is 0. The van der Waals surface area contributed by atoms with Crippen molar-refractivity contribution in [2.24, 2.45) is 16.6 Å². The van der Waals surface area contributed by atoms with Crippen molar-refractivity contribution in [1.29, 1.82) is 0 Å². The molecular formula is C35H72NPSi3Ti. The maximum absolute atomic E-state index is 6.08. The Kier molecular flexibility index (Phi) is 21.9. The number of hydrogen-bond acceptors (Lipinski definition) is 1. The maximum atomic E-state index is 6.08. The van der Waals surface area contributed by atoms with Gasteiger partial charge in [0.25, 0.3) is 0 Å². The molecule has 0 bridgehead atoms. The van der Waals surface area contributed by atoms with Crippen molar-refractivity contribution >= 4 is 28.9 Å². The zero-order chi connectivity index (χ0) is 31.2. The van der Waals surface area contributed by atoms with Gasteiger partial charge in [-0.1, -0.05) is 186 Å². The average Bonchev–Trinajstić information content (AvgIpc) is 3.36. The molecule has 0 aliphatic heterocycles. The summed E-state index contributed by atoms with van der Waals surface area (Å²) in [6.45, 7) is 37.1.